The van der Waals surface area contributed by atoms with Gasteiger partial charge in [-0.2, -0.15) is 0 Å². The highest BCUT2D eigenvalue weighted by atomic mass is 15.3. The third-order valence-electron chi connectivity index (χ3n) is 5.70. The Morgan fingerprint density at radius 3 is 1.50 bits per heavy atom. The molecule has 0 aromatic heterocycles. The normalized spacial score (nSPS) is 13.2. The maximum Gasteiger partial charge on any atom is 0.0969 e. The van der Waals surface area contributed by atoms with Gasteiger partial charge < -0.3 is 4.48 Å². The van der Waals surface area contributed by atoms with Crippen molar-refractivity contribution in [1.29, 1.82) is 0 Å². The van der Waals surface area contributed by atoms with E-state index in [0.29, 0.717) is 0 Å². The number of likely N-dealkylation sites (N-methyl/N-ethyl adjacent to an activating group) is 1. The average Bonchev–Trinajstić information content (AvgIpc) is 2.55. The van der Waals surface area contributed by atoms with E-state index in [1.807, 2.05) is 0 Å². The van der Waals surface area contributed by atoms with Crippen LogP contribution in [0.25, 0.3) is 0 Å². The Morgan fingerprint density at radius 2 is 1.12 bits per heavy atom. The molecule has 1 heteroatoms. The summed E-state index contributed by atoms with van der Waals surface area (Å²) in [4.78, 5) is 0. The van der Waals surface area contributed by atoms with Crippen LogP contribution in [0.15, 0.2) is 12.7 Å². The third-order valence-corrected chi connectivity index (χ3v) is 5.70. The molecule has 0 N–H and O–H groups in total. The van der Waals surface area contributed by atoms with Crippen LogP contribution in [0.3, 0.4) is 0 Å². The van der Waals surface area contributed by atoms with Crippen molar-refractivity contribution in [3.8, 4) is 0 Å². The van der Waals surface area contributed by atoms with Crippen molar-refractivity contribution in [3.63, 3.8) is 0 Å². The van der Waals surface area contributed by atoms with E-state index < -0.39 is 0 Å². The number of rotatable bonds is 18. The first-order chi connectivity index (χ1) is 11.6. The van der Waals surface area contributed by atoms with Gasteiger partial charge in [0.05, 0.1) is 26.7 Å². The summed E-state index contributed by atoms with van der Waals surface area (Å²) in [5, 5.41) is 0. The number of hydrogen-bond acceptors (Lipinski definition) is 0. The van der Waals surface area contributed by atoms with E-state index in [1.165, 1.54) is 96.3 Å². The molecule has 0 bridgehead atoms. The second-order valence-electron chi connectivity index (χ2n) is 8.34. The van der Waals surface area contributed by atoms with Gasteiger partial charge in [-0.1, -0.05) is 97.5 Å². The molecule has 0 aliphatic carbocycles. The van der Waals surface area contributed by atoms with Crippen LogP contribution in [0.2, 0.25) is 0 Å². The summed E-state index contributed by atoms with van der Waals surface area (Å²) < 4.78 is 1.11. The molecule has 0 spiro atoms. The van der Waals surface area contributed by atoms with Crippen LogP contribution >= 0.6 is 0 Å². The minimum absolute atomic E-state index is 0.802. The monoisotopic (exact) mass is 338 g/mol. The van der Waals surface area contributed by atoms with Gasteiger partial charge in [0.1, 0.15) is 0 Å². The fourth-order valence-electron chi connectivity index (χ4n) is 3.93. The van der Waals surface area contributed by atoms with Crippen molar-refractivity contribution in [1.82, 2.24) is 0 Å². The molecule has 1 unspecified atom stereocenters. The van der Waals surface area contributed by atoms with Crippen LogP contribution in [0.1, 0.15) is 110 Å². The quantitative estimate of drug-likeness (QED) is 0.138. The highest BCUT2D eigenvalue weighted by Gasteiger charge is 2.24. The van der Waals surface area contributed by atoms with E-state index in [1.54, 1.807) is 0 Å². The van der Waals surface area contributed by atoms with Gasteiger partial charge in [-0.15, -0.1) is 0 Å². The van der Waals surface area contributed by atoms with Gasteiger partial charge in [0.2, 0.25) is 0 Å². The van der Waals surface area contributed by atoms with E-state index in [2.05, 4.69) is 40.6 Å². The molecular formula is C23H48N+. The zero-order valence-electron chi connectivity index (χ0n) is 17.6. The molecule has 0 amide bonds. The topological polar surface area (TPSA) is 0 Å². The molecule has 0 aliphatic rings. The Hall–Kier alpha value is -0.300. The molecule has 0 aromatic carbocycles. The van der Waals surface area contributed by atoms with Crippen molar-refractivity contribution in [2.75, 3.05) is 20.6 Å². The molecule has 0 aliphatic heterocycles. The van der Waals surface area contributed by atoms with E-state index >= 15 is 0 Å². The van der Waals surface area contributed by atoms with Crippen LogP contribution < -0.4 is 0 Å². The third kappa shape index (κ3) is 13.0. The summed E-state index contributed by atoms with van der Waals surface area (Å²) in [6.45, 7) is 9.65. The predicted octanol–water partition coefficient (Wildman–Crippen LogP) is 7.51. The Kier molecular flexibility index (Phi) is 16.0. The minimum atomic E-state index is 0.802. The van der Waals surface area contributed by atoms with Gasteiger partial charge in [-0.25, -0.2) is 0 Å². The van der Waals surface area contributed by atoms with Gasteiger partial charge in [0, 0.05) is 0 Å². The van der Waals surface area contributed by atoms with E-state index in [4.69, 9.17) is 0 Å². The van der Waals surface area contributed by atoms with E-state index in [9.17, 15) is 0 Å². The molecular weight excluding hydrogens is 290 g/mol. The summed E-state index contributed by atoms with van der Waals surface area (Å²) in [6.07, 6.45) is 23.6. The first-order valence-electron chi connectivity index (χ1n) is 11.0. The van der Waals surface area contributed by atoms with Crippen LogP contribution in [0.4, 0.5) is 0 Å². The first-order valence-corrected chi connectivity index (χ1v) is 11.0. The largest absolute Gasteiger partial charge is 0.323 e. The molecule has 0 fully saturated rings. The Balaban J connectivity index is 3.42. The molecule has 1 atom stereocenters. The first kappa shape index (κ1) is 23.7. The number of unbranched alkanes of at least 4 members (excludes halogenated alkanes) is 12. The molecule has 24 heavy (non-hydrogen) atoms. The molecule has 1 nitrogen and oxygen atoms in total. The van der Waals surface area contributed by atoms with Gasteiger partial charge in [0.15, 0.2) is 0 Å². The second kappa shape index (κ2) is 16.2. The van der Waals surface area contributed by atoms with Crippen LogP contribution in [0, 0.1) is 0 Å². The van der Waals surface area contributed by atoms with Gasteiger partial charge in [-0.05, 0) is 25.3 Å². The highest BCUT2D eigenvalue weighted by Crippen LogP contribution is 2.19. The Labute approximate surface area is 154 Å². The van der Waals surface area contributed by atoms with Crippen molar-refractivity contribution < 1.29 is 4.48 Å². The van der Waals surface area contributed by atoms with E-state index in [-0.39, 0.29) is 0 Å². The lowest BCUT2D eigenvalue weighted by atomic mass is 10.0. The minimum Gasteiger partial charge on any atom is -0.323 e. The van der Waals surface area contributed by atoms with Gasteiger partial charge >= 0.3 is 0 Å². The summed E-state index contributed by atoms with van der Waals surface area (Å²) in [6, 6.07) is 0.802. The maximum atomic E-state index is 3.92. The molecule has 0 rings (SSSR count). The summed E-state index contributed by atoms with van der Waals surface area (Å²) in [5.41, 5.74) is 0. The zero-order valence-corrected chi connectivity index (χ0v) is 17.6. The van der Waals surface area contributed by atoms with Crippen molar-refractivity contribution in [2.45, 2.75) is 116 Å². The van der Waals surface area contributed by atoms with Crippen molar-refractivity contribution >= 4 is 0 Å². The smallest absolute Gasteiger partial charge is 0.0969 e. The fraction of sp³-hybridized carbons (Fsp3) is 0.913. The van der Waals surface area contributed by atoms with Crippen LogP contribution in [0.5, 0.6) is 0 Å². The van der Waals surface area contributed by atoms with E-state index in [0.717, 1.165) is 17.1 Å². The molecule has 0 radical (unpaired) electrons. The Bertz CT molecular complexity index is 269. The Morgan fingerprint density at radius 1 is 0.708 bits per heavy atom. The number of quaternary nitrogens is 1. The molecule has 0 saturated heterocycles. The SMILES string of the molecule is C=CC[N+](C)(C)C(CC)CCCCCCCCCCCCCCC. The van der Waals surface area contributed by atoms with Crippen molar-refractivity contribution in [2.24, 2.45) is 0 Å². The fourth-order valence-corrected chi connectivity index (χ4v) is 3.93. The predicted molar refractivity (Wildman–Crippen MR) is 112 cm³/mol. The lowest BCUT2D eigenvalue weighted by molar-refractivity contribution is -0.910. The summed E-state index contributed by atoms with van der Waals surface area (Å²) in [7, 11) is 4.72. The highest BCUT2D eigenvalue weighted by molar-refractivity contribution is 4.68. The number of nitrogens with zero attached hydrogens (tertiary/aromatic N) is 1. The van der Waals surface area contributed by atoms with Crippen LogP contribution in [-0.2, 0) is 0 Å². The average molecular weight is 339 g/mol. The zero-order chi connectivity index (χ0) is 18.1. The van der Waals surface area contributed by atoms with Gasteiger partial charge in [-0.3, -0.25) is 0 Å². The summed E-state index contributed by atoms with van der Waals surface area (Å²) in [5.74, 6) is 0. The lowest BCUT2D eigenvalue weighted by Gasteiger charge is -2.37. The number of hydrogen-bond donors (Lipinski definition) is 0. The van der Waals surface area contributed by atoms with Crippen LogP contribution in [-0.4, -0.2) is 31.2 Å². The van der Waals surface area contributed by atoms with Crippen molar-refractivity contribution in [3.05, 3.63) is 12.7 Å². The summed E-state index contributed by atoms with van der Waals surface area (Å²) >= 11 is 0. The molecule has 0 aromatic rings. The maximum absolute atomic E-state index is 3.92. The second-order valence-corrected chi connectivity index (χ2v) is 8.34. The molecule has 0 heterocycles. The molecule has 0 saturated carbocycles. The van der Waals surface area contributed by atoms with Gasteiger partial charge in [0.25, 0.3) is 0 Å². The lowest BCUT2D eigenvalue weighted by Crippen LogP contribution is -2.48. The molecule has 144 valence electrons. The standard InChI is InChI=1S/C23H48N/c1-6-9-10-11-12-13-14-15-16-17-18-19-20-21-23(8-3)24(4,5)22-7-2/h7,23H,2,6,8-22H2,1,3-5H3/q+1.